The molecule has 1 aliphatic heterocycles. The number of thiocarbonyl (C=S) groups is 1. The number of nitrogens with one attached hydrogen (secondary N) is 2. The van der Waals surface area contributed by atoms with Crippen molar-refractivity contribution in [3.8, 4) is 5.75 Å². The predicted molar refractivity (Wildman–Crippen MR) is 121 cm³/mol. The Balaban J connectivity index is 1.18. The van der Waals surface area contributed by atoms with E-state index >= 15 is 0 Å². The molecule has 2 aromatic rings. The lowest BCUT2D eigenvalue weighted by molar-refractivity contribution is 0.252. The lowest BCUT2D eigenvalue weighted by Gasteiger charge is -2.16. The summed E-state index contributed by atoms with van der Waals surface area (Å²) in [5.41, 5.74) is 1.02. The Bertz CT molecular complexity index is 944. The lowest BCUT2D eigenvalue weighted by atomic mass is 10.1. The first-order valence-electron chi connectivity index (χ1n) is 10.9. The van der Waals surface area contributed by atoms with Crippen LogP contribution in [0.4, 0.5) is 15.1 Å². The molecule has 0 bridgehead atoms. The fourth-order valence-corrected chi connectivity index (χ4v) is 3.73. The van der Waals surface area contributed by atoms with Crippen LogP contribution >= 0.6 is 12.2 Å². The third-order valence-electron chi connectivity index (χ3n) is 5.63. The maximum Gasteiger partial charge on any atom is 0.329 e. The third kappa shape index (κ3) is 5.83. The topological polar surface area (TPSA) is 66.7 Å². The Morgan fingerprint density at radius 3 is 2.90 bits per heavy atom. The van der Waals surface area contributed by atoms with E-state index in [0.717, 1.165) is 37.1 Å². The van der Waals surface area contributed by atoms with Crippen molar-refractivity contribution < 1.29 is 18.3 Å². The minimum absolute atomic E-state index is 0.108. The molecule has 1 atom stereocenters. The van der Waals surface area contributed by atoms with Crippen molar-refractivity contribution in [3.63, 3.8) is 0 Å². The highest BCUT2D eigenvalue weighted by molar-refractivity contribution is 7.80. The van der Waals surface area contributed by atoms with Crippen molar-refractivity contribution >= 4 is 29.1 Å². The van der Waals surface area contributed by atoms with Crippen molar-refractivity contribution in [3.05, 3.63) is 47.5 Å². The van der Waals surface area contributed by atoms with Gasteiger partial charge in [0, 0.05) is 18.5 Å². The summed E-state index contributed by atoms with van der Waals surface area (Å²) >= 11 is 5.03. The maximum absolute atomic E-state index is 14.0. The number of aryl methyl sites for hydroxylation is 1. The number of anilines is 1. The highest BCUT2D eigenvalue weighted by Gasteiger charge is 2.27. The van der Waals surface area contributed by atoms with E-state index in [-0.39, 0.29) is 17.9 Å². The molecule has 1 aliphatic carbocycles. The van der Waals surface area contributed by atoms with Crippen molar-refractivity contribution in [2.45, 2.75) is 45.1 Å². The van der Waals surface area contributed by atoms with Crippen LogP contribution in [0.2, 0.25) is 0 Å². The van der Waals surface area contributed by atoms with Crippen LogP contribution in [-0.2, 0) is 6.42 Å². The molecule has 1 saturated heterocycles. The zero-order valence-corrected chi connectivity index (χ0v) is 18.5. The average molecular weight is 446 g/mol. The molecule has 8 heteroatoms. The van der Waals surface area contributed by atoms with Crippen LogP contribution in [-0.4, -0.2) is 30.7 Å². The van der Waals surface area contributed by atoms with E-state index in [1.807, 2.05) is 12.1 Å². The molecule has 0 spiro atoms. The lowest BCUT2D eigenvalue weighted by Crippen LogP contribution is -2.27. The number of unbranched alkanes of at least 4 members (excludes halogenated alkanes) is 1. The first-order chi connectivity index (χ1) is 15.0. The molecule has 4 rings (SSSR count). The fourth-order valence-electron chi connectivity index (χ4n) is 3.52. The summed E-state index contributed by atoms with van der Waals surface area (Å²) in [5, 5.41) is 6.09. The first-order valence-corrected chi connectivity index (χ1v) is 11.3. The molecule has 6 nitrogen and oxygen atoms in total. The van der Waals surface area contributed by atoms with Crippen molar-refractivity contribution in [2.75, 3.05) is 24.6 Å². The van der Waals surface area contributed by atoms with Gasteiger partial charge in [0.25, 0.3) is 0 Å². The van der Waals surface area contributed by atoms with Gasteiger partial charge in [-0.3, -0.25) is 4.90 Å². The van der Waals surface area contributed by atoms with Crippen LogP contribution in [0.25, 0.3) is 0 Å². The van der Waals surface area contributed by atoms with E-state index in [4.69, 9.17) is 21.4 Å². The molecule has 2 N–H and O–H groups in total. The molecular formula is C23H28FN3O3S. The Morgan fingerprint density at radius 2 is 2.16 bits per heavy atom. The van der Waals surface area contributed by atoms with Gasteiger partial charge in [0.15, 0.2) is 11.6 Å². The Hall–Kier alpha value is -2.45. The Morgan fingerprint density at radius 1 is 1.32 bits per heavy atom. The van der Waals surface area contributed by atoms with Crippen LogP contribution in [0.15, 0.2) is 34.7 Å². The number of furan rings is 1. The van der Waals surface area contributed by atoms with Gasteiger partial charge in [0.2, 0.25) is 5.88 Å². The summed E-state index contributed by atoms with van der Waals surface area (Å²) in [7, 11) is 0. The number of hydrogen-bond acceptors (Lipinski definition) is 5. The summed E-state index contributed by atoms with van der Waals surface area (Å²) in [6.07, 6.45) is 5.09. The second-order valence-corrected chi connectivity index (χ2v) is 8.75. The second kappa shape index (κ2) is 9.78. The normalized spacial score (nSPS) is 17.2. The van der Waals surface area contributed by atoms with Crippen LogP contribution in [0.3, 0.4) is 0 Å². The largest absolute Gasteiger partial charge is 0.490 e. The Labute approximate surface area is 187 Å². The zero-order chi connectivity index (χ0) is 21.8. The molecule has 2 fully saturated rings. The summed E-state index contributed by atoms with van der Waals surface area (Å²) < 4.78 is 25.4. The highest BCUT2D eigenvalue weighted by atomic mass is 32.1. The van der Waals surface area contributed by atoms with Crippen LogP contribution < -0.4 is 20.3 Å². The number of amides is 2. The van der Waals surface area contributed by atoms with Gasteiger partial charge in [-0.2, -0.15) is 0 Å². The second-order valence-electron chi connectivity index (χ2n) is 8.26. The maximum atomic E-state index is 14.0. The summed E-state index contributed by atoms with van der Waals surface area (Å²) in [4.78, 5) is 13.8. The van der Waals surface area contributed by atoms with Crippen molar-refractivity contribution in [1.29, 1.82) is 0 Å². The molecule has 1 saturated carbocycles. The molecule has 0 radical (unpaired) electrons. The molecule has 2 amide bonds. The van der Waals surface area contributed by atoms with E-state index in [0.29, 0.717) is 35.7 Å². The van der Waals surface area contributed by atoms with Gasteiger partial charge in [-0.15, -0.1) is 0 Å². The number of benzene rings is 1. The van der Waals surface area contributed by atoms with Gasteiger partial charge in [0.1, 0.15) is 10.7 Å². The number of halogens is 1. The van der Waals surface area contributed by atoms with Crippen LogP contribution in [0.1, 0.15) is 50.0 Å². The van der Waals surface area contributed by atoms with E-state index < -0.39 is 0 Å². The third-order valence-corrected chi connectivity index (χ3v) is 5.87. The van der Waals surface area contributed by atoms with Gasteiger partial charge in [-0.25, -0.2) is 9.18 Å². The predicted octanol–water partition coefficient (Wildman–Crippen LogP) is 4.74. The smallest absolute Gasteiger partial charge is 0.329 e. The van der Waals surface area contributed by atoms with E-state index in [1.54, 1.807) is 12.1 Å². The molecular weight excluding hydrogens is 417 g/mol. The molecule has 1 aromatic carbocycles. The van der Waals surface area contributed by atoms with Crippen molar-refractivity contribution in [1.82, 2.24) is 10.6 Å². The number of rotatable bonds is 11. The monoisotopic (exact) mass is 445 g/mol. The number of hydrogen-bond donors (Lipinski definition) is 2. The number of urea groups is 1. The van der Waals surface area contributed by atoms with Gasteiger partial charge >= 0.3 is 6.03 Å². The summed E-state index contributed by atoms with van der Waals surface area (Å²) in [5.74, 6) is 2.01. The standard InChI is InChI=1S/C23H28FN3O3S/c1-15(17-7-9-19(24)20(12-17)29-14-16-5-6-16)25-11-3-2-4-18-8-10-22(30-18)27-13-21(31)26-23(27)28/h7-10,12,15-16,25H,2-6,11,13-14H2,1H3,(H,26,28,31)/t15-/m1/s1. The molecule has 0 unspecified atom stereocenters. The van der Waals surface area contributed by atoms with Gasteiger partial charge < -0.3 is 19.8 Å². The molecule has 166 valence electrons. The number of carbonyl (C=O) groups excluding carboxylic acids is 1. The number of nitrogens with zero attached hydrogens (tertiary/aromatic N) is 1. The van der Waals surface area contributed by atoms with Crippen molar-refractivity contribution in [2.24, 2.45) is 5.92 Å². The average Bonchev–Trinajstić information content (AvgIpc) is 3.36. The van der Waals surface area contributed by atoms with E-state index in [1.165, 1.54) is 23.8 Å². The van der Waals surface area contributed by atoms with Crippen LogP contribution in [0, 0.1) is 11.7 Å². The molecule has 2 heterocycles. The molecule has 31 heavy (non-hydrogen) atoms. The van der Waals surface area contributed by atoms with Crippen LogP contribution in [0.5, 0.6) is 5.75 Å². The van der Waals surface area contributed by atoms with Gasteiger partial charge in [0.05, 0.1) is 13.2 Å². The summed E-state index contributed by atoms with van der Waals surface area (Å²) in [6, 6.07) is 8.67. The minimum atomic E-state index is -0.303. The Kier molecular flexibility index (Phi) is 6.87. The highest BCUT2D eigenvalue weighted by Crippen LogP contribution is 2.31. The van der Waals surface area contributed by atoms with E-state index in [9.17, 15) is 9.18 Å². The molecule has 1 aromatic heterocycles. The van der Waals surface area contributed by atoms with Gasteiger partial charge in [-0.05, 0) is 68.8 Å². The summed E-state index contributed by atoms with van der Waals surface area (Å²) in [6.45, 7) is 3.88. The quantitative estimate of drug-likeness (QED) is 0.386. The minimum Gasteiger partial charge on any atom is -0.490 e. The SMILES string of the molecule is C[C@@H](NCCCCc1ccc(N2CC(=S)NC2=O)o1)c1ccc(F)c(OCC2CC2)c1. The number of carbonyl (C=O) groups is 1. The van der Waals surface area contributed by atoms with Gasteiger partial charge in [-0.1, -0.05) is 18.3 Å². The first kappa shape index (κ1) is 21.8. The number of ether oxygens (including phenoxy) is 1. The van der Waals surface area contributed by atoms with E-state index in [2.05, 4.69) is 17.6 Å². The molecule has 2 aliphatic rings. The fraction of sp³-hybridized carbons (Fsp3) is 0.478. The zero-order valence-electron chi connectivity index (χ0n) is 17.7.